The molecule has 0 radical (unpaired) electrons. The van der Waals surface area contributed by atoms with Gasteiger partial charge in [0.1, 0.15) is 4.90 Å². The molecular formula is C12H19BrClN3O2S. The fourth-order valence-electron chi connectivity index (χ4n) is 2.42. The molecule has 0 aliphatic carbocycles. The van der Waals surface area contributed by atoms with Crippen LogP contribution in [-0.4, -0.2) is 36.3 Å². The minimum absolute atomic E-state index is 0. The Hall–Kier alpha value is -0.210. The molecular weight excluding hydrogens is 366 g/mol. The molecule has 8 heteroatoms. The largest absolute Gasteiger partial charge is 0.326 e. The maximum atomic E-state index is 12.7. The van der Waals surface area contributed by atoms with E-state index >= 15 is 0 Å². The summed E-state index contributed by atoms with van der Waals surface area (Å²) in [6.45, 7) is 2.39. The summed E-state index contributed by atoms with van der Waals surface area (Å²) in [5, 5.41) is 0. The Balaban J connectivity index is 0.00000200. The first-order chi connectivity index (χ1) is 8.93. The highest BCUT2D eigenvalue weighted by molar-refractivity contribution is 9.10. The average molecular weight is 385 g/mol. The van der Waals surface area contributed by atoms with Crippen LogP contribution in [0, 0.1) is 0 Å². The minimum Gasteiger partial charge on any atom is -0.326 e. The van der Waals surface area contributed by atoms with Gasteiger partial charge in [0.15, 0.2) is 0 Å². The number of aromatic nitrogens is 1. The van der Waals surface area contributed by atoms with E-state index in [1.165, 1.54) is 10.5 Å². The third kappa shape index (κ3) is 3.71. The van der Waals surface area contributed by atoms with Crippen LogP contribution in [0.2, 0.25) is 0 Å². The summed E-state index contributed by atoms with van der Waals surface area (Å²) < 4.78 is 27.5. The lowest BCUT2D eigenvalue weighted by molar-refractivity contribution is 0.227. The maximum absolute atomic E-state index is 12.7. The number of sulfonamides is 1. The van der Waals surface area contributed by atoms with Crippen molar-refractivity contribution in [2.24, 2.45) is 5.73 Å². The highest BCUT2D eigenvalue weighted by Crippen LogP contribution is 2.27. The van der Waals surface area contributed by atoms with Crippen molar-refractivity contribution >= 4 is 38.4 Å². The Morgan fingerprint density at radius 2 is 2.15 bits per heavy atom. The minimum atomic E-state index is -3.52. The van der Waals surface area contributed by atoms with Crippen LogP contribution in [0.15, 0.2) is 27.8 Å². The Kier molecular flexibility index (Phi) is 6.40. The van der Waals surface area contributed by atoms with Crippen LogP contribution in [0.5, 0.6) is 0 Å². The number of hydrogen-bond acceptors (Lipinski definition) is 4. The Bertz CT molecular complexity index is 553. The zero-order chi connectivity index (χ0) is 14.0. The van der Waals surface area contributed by atoms with Gasteiger partial charge in [-0.2, -0.15) is 4.31 Å². The second-order valence-corrected chi connectivity index (χ2v) is 7.68. The summed E-state index contributed by atoms with van der Waals surface area (Å²) in [4.78, 5) is 4.15. The van der Waals surface area contributed by atoms with Crippen molar-refractivity contribution in [2.75, 3.05) is 6.54 Å². The van der Waals surface area contributed by atoms with E-state index in [1.54, 1.807) is 12.3 Å². The van der Waals surface area contributed by atoms with Crippen molar-refractivity contribution in [1.29, 1.82) is 0 Å². The Morgan fingerprint density at radius 3 is 2.75 bits per heavy atom. The Morgan fingerprint density at radius 1 is 1.45 bits per heavy atom. The summed E-state index contributed by atoms with van der Waals surface area (Å²) in [5.74, 6) is 0. The Labute approximate surface area is 134 Å². The van der Waals surface area contributed by atoms with E-state index in [4.69, 9.17) is 5.73 Å². The average Bonchev–Trinajstić information content (AvgIpc) is 2.38. The van der Waals surface area contributed by atoms with Gasteiger partial charge in [0.25, 0.3) is 0 Å². The van der Waals surface area contributed by atoms with Crippen LogP contribution in [0.25, 0.3) is 0 Å². The highest BCUT2D eigenvalue weighted by Gasteiger charge is 2.35. The van der Waals surface area contributed by atoms with Gasteiger partial charge >= 0.3 is 0 Å². The summed E-state index contributed by atoms with van der Waals surface area (Å²) in [6, 6.07) is 1.28. The van der Waals surface area contributed by atoms with Gasteiger partial charge in [0.2, 0.25) is 10.0 Å². The van der Waals surface area contributed by atoms with Crippen molar-refractivity contribution < 1.29 is 8.42 Å². The molecule has 2 rings (SSSR count). The van der Waals surface area contributed by atoms with Crippen molar-refractivity contribution in [3.63, 3.8) is 0 Å². The van der Waals surface area contributed by atoms with Crippen LogP contribution < -0.4 is 5.73 Å². The lowest BCUT2D eigenvalue weighted by atomic mass is 10.00. The molecule has 114 valence electrons. The molecule has 2 atom stereocenters. The van der Waals surface area contributed by atoms with Crippen molar-refractivity contribution in [3.8, 4) is 0 Å². The summed E-state index contributed by atoms with van der Waals surface area (Å²) in [7, 11) is -3.52. The molecule has 0 spiro atoms. The molecule has 0 aromatic carbocycles. The zero-order valence-electron chi connectivity index (χ0n) is 11.2. The second-order valence-electron chi connectivity index (χ2n) is 4.88. The first-order valence-electron chi connectivity index (χ1n) is 6.31. The normalized spacial score (nSPS) is 22.1. The van der Waals surface area contributed by atoms with Crippen molar-refractivity contribution in [1.82, 2.24) is 9.29 Å². The van der Waals surface area contributed by atoms with Gasteiger partial charge in [0.05, 0.1) is 0 Å². The van der Waals surface area contributed by atoms with Gasteiger partial charge in [-0.1, -0.05) is 6.42 Å². The number of piperidine rings is 1. The molecule has 0 amide bonds. The van der Waals surface area contributed by atoms with Crippen LogP contribution in [0.4, 0.5) is 0 Å². The fraction of sp³-hybridized carbons (Fsp3) is 0.583. The standard InChI is InChI=1S/C12H18BrN3O2S.ClH/c1-9(14)12-4-2-3-5-16(12)19(17,18)11-6-10(13)7-15-8-11;/h6-9,12H,2-5,14H2,1H3;1H. The molecule has 1 aromatic heterocycles. The van der Waals surface area contributed by atoms with Gasteiger partial charge in [-0.05, 0) is 41.8 Å². The van der Waals surface area contributed by atoms with E-state index in [9.17, 15) is 8.42 Å². The third-order valence-electron chi connectivity index (χ3n) is 3.39. The molecule has 1 aromatic rings. The lowest BCUT2D eigenvalue weighted by Crippen LogP contribution is -2.51. The monoisotopic (exact) mass is 383 g/mol. The summed E-state index contributed by atoms with van der Waals surface area (Å²) in [6.07, 6.45) is 5.67. The van der Waals surface area contributed by atoms with E-state index in [-0.39, 0.29) is 29.4 Å². The number of nitrogens with zero attached hydrogens (tertiary/aromatic N) is 2. The molecule has 20 heavy (non-hydrogen) atoms. The van der Waals surface area contributed by atoms with Gasteiger partial charge < -0.3 is 5.73 Å². The smallest absolute Gasteiger partial charge is 0.244 e. The number of nitrogens with two attached hydrogens (primary N) is 1. The van der Waals surface area contributed by atoms with Gasteiger partial charge in [-0.15, -0.1) is 12.4 Å². The zero-order valence-corrected chi connectivity index (χ0v) is 14.4. The molecule has 1 fully saturated rings. The SMILES string of the molecule is CC(N)C1CCCCN1S(=O)(=O)c1cncc(Br)c1.Cl. The fourth-order valence-corrected chi connectivity index (χ4v) is 4.70. The van der Waals surface area contributed by atoms with Crippen LogP contribution in [0.3, 0.4) is 0 Å². The molecule has 2 unspecified atom stereocenters. The summed E-state index contributed by atoms with van der Waals surface area (Å²) in [5.41, 5.74) is 5.93. The van der Waals surface area contributed by atoms with E-state index in [0.717, 1.165) is 19.3 Å². The highest BCUT2D eigenvalue weighted by atomic mass is 79.9. The van der Waals surface area contributed by atoms with Crippen molar-refractivity contribution in [3.05, 3.63) is 22.9 Å². The third-order valence-corrected chi connectivity index (χ3v) is 5.72. The topological polar surface area (TPSA) is 76.3 Å². The van der Waals surface area contributed by atoms with Crippen LogP contribution in [0.1, 0.15) is 26.2 Å². The molecule has 0 saturated carbocycles. The molecule has 1 aliphatic heterocycles. The summed E-state index contributed by atoms with van der Waals surface area (Å²) >= 11 is 3.25. The number of rotatable bonds is 3. The van der Waals surface area contributed by atoms with Crippen LogP contribution >= 0.6 is 28.3 Å². The first kappa shape index (κ1) is 17.8. The number of hydrogen-bond donors (Lipinski definition) is 1. The molecule has 1 aliphatic rings. The molecule has 5 nitrogen and oxygen atoms in total. The molecule has 1 saturated heterocycles. The lowest BCUT2D eigenvalue weighted by Gasteiger charge is -2.36. The quantitative estimate of drug-likeness (QED) is 0.866. The van der Waals surface area contributed by atoms with Crippen LogP contribution in [-0.2, 0) is 10.0 Å². The number of halogens is 2. The van der Waals surface area contributed by atoms with E-state index < -0.39 is 10.0 Å². The van der Waals surface area contributed by atoms with E-state index in [2.05, 4.69) is 20.9 Å². The van der Waals surface area contributed by atoms with E-state index in [0.29, 0.717) is 11.0 Å². The van der Waals surface area contributed by atoms with Gasteiger partial charge in [0, 0.05) is 35.5 Å². The molecule has 0 bridgehead atoms. The van der Waals surface area contributed by atoms with Gasteiger partial charge in [-0.3, -0.25) is 4.98 Å². The second kappa shape index (κ2) is 7.17. The predicted octanol–water partition coefficient (Wildman–Crippen LogP) is 2.16. The molecule has 2 heterocycles. The maximum Gasteiger partial charge on any atom is 0.244 e. The van der Waals surface area contributed by atoms with E-state index in [1.807, 2.05) is 6.92 Å². The molecule has 2 N–H and O–H groups in total. The van der Waals surface area contributed by atoms with Gasteiger partial charge in [-0.25, -0.2) is 8.42 Å². The van der Waals surface area contributed by atoms with Crippen molar-refractivity contribution in [2.45, 2.75) is 43.2 Å². The first-order valence-corrected chi connectivity index (χ1v) is 8.54. The predicted molar refractivity (Wildman–Crippen MR) is 84.4 cm³/mol. The number of pyridine rings is 1.